The minimum atomic E-state index is -4.04. The van der Waals surface area contributed by atoms with E-state index < -0.39 is 16.0 Å². The van der Waals surface area contributed by atoms with Crippen LogP contribution in [-0.4, -0.2) is 10.2 Å². The molecule has 2 aromatic rings. The summed E-state index contributed by atoms with van der Waals surface area (Å²) in [6.45, 7) is 0. The summed E-state index contributed by atoms with van der Waals surface area (Å²) in [5.41, 5.74) is 1.32. The van der Waals surface area contributed by atoms with Crippen molar-refractivity contribution < 1.29 is 7.77 Å². The van der Waals surface area contributed by atoms with Crippen LogP contribution >= 0.6 is 65.9 Å². The maximum absolute atomic E-state index is 13.8. The summed E-state index contributed by atoms with van der Waals surface area (Å²) in [6, 6.07) is 6.90. The smallest absolute Gasteiger partial charge is 0.129 e. The van der Waals surface area contributed by atoms with Crippen LogP contribution in [0, 0.1) is 0 Å². The molecular weight excluding hydrogens is 447 g/mol. The van der Waals surface area contributed by atoms with Gasteiger partial charge in [-0.15, -0.1) is 11.6 Å². The molecule has 0 amide bonds. The van der Waals surface area contributed by atoms with Crippen molar-refractivity contribution in [2.45, 2.75) is 5.03 Å². The SMILES string of the molecule is FS(F)(CCl)c1[nH]c(-c2ccc(Cl)cc2)c(Br)c1Br. The third-order valence-corrected chi connectivity index (χ3v) is 7.05. The molecular formula is C11H7Br2Cl2F2NS. The third-order valence-electron chi connectivity index (χ3n) is 2.42. The van der Waals surface area contributed by atoms with Crippen LogP contribution in [0.2, 0.25) is 5.02 Å². The van der Waals surface area contributed by atoms with Crippen molar-refractivity contribution in [2.75, 3.05) is 5.21 Å². The highest BCUT2D eigenvalue weighted by Crippen LogP contribution is 2.63. The van der Waals surface area contributed by atoms with Crippen molar-refractivity contribution in [3.63, 3.8) is 0 Å². The van der Waals surface area contributed by atoms with Crippen LogP contribution in [0.15, 0.2) is 38.2 Å². The van der Waals surface area contributed by atoms with Gasteiger partial charge in [-0.25, -0.2) is 0 Å². The fourth-order valence-corrected chi connectivity index (χ4v) is 4.35. The van der Waals surface area contributed by atoms with E-state index in [0.717, 1.165) is 5.56 Å². The Hall–Kier alpha value is 0.250. The number of H-pyrrole nitrogens is 1. The number of halogens is 6. The molecule has 0 fully saturated rings. The van der Waals surface area contributed by atoms with E-state index in [1.54, 1.807) is 24.3 Å². The van der Waals surface area contributed by atoms with E-state index >= 15 is 0 Å². The van der Waals surface area contributed by atoms with Gasteiger partial charge in [0.2, 0.25) is 0 Å². The number of hydrogen-bond donors (Lipinski definition) is 1. The highest BCUT2D eigenvalue weighted by Gasteiger charge is 2.31. The zero-order chi connectivity index (χ0) is 14.2. The van der Waals surface area contributed by atoms with Gasteiger partial charge in [-0.3, -0.25) is 0 Å². The van der Waals surface area contributed by atoms with Crippen LogP contribution in [0.1, 0.15) is 0 Å². The van der Waals surface area contributed by atoms with Gasteiger partial charge in [-0.1, -0.05) is 23.7 Å². The second-order valence-electron chi connectivity index (χ2n) is 3.65. The summed E-state index contributed by atoms with van der Waals surface area (Å²) >= 11 is 17.6. The lowest BCUT2D eigenvalue weighted by molar-refractivity contribution is 0.738. The molecule has 1 heterocycles. The van der Waals surface area contributed by atoms with Crippen molar-refractivity contribution in [2.24, 2.45) is 0 Å². The Bertz CT molecular complexity index is 601. The first-order chi connectivity index (χ1) is 8.86. The van der Waals surface area contributed by atoms with E-state index in [4.69, 9.17) is 23.2 Å². The van der Waals surface area contributed by atoms with Crippen molar-refractivity contribution in [1.29, 1.82) is 0 Å². The molecule has 0 aliphatic rings. The lowest BCUT2D eigenvalue weighted by atomic mass is 10.2. The van der Waals surface area contributed by atoms with E-state index in [1.807, 2.05) is 0 Å². The van der Waals surface area contributed by atoms with Gasteiger partial charge in [-0.2, -0.15) is 7.77 Å². The molecule has 0 atom stereocenters. The predicted molar refractivity (Wildman–Crippen MR) is 85.4 cm³/mol. The average molecular weight is 454 g/mol. The van der Waals surface area contributed by atoms with Crippen molar-refractivity contribution in [3.05, 3.63) is 38.2 Å². The molecule has 8 heteroatoms. The molecule has 19 heavy (non-hydrogen) atoms. The van der Waals surface area contributed by atoms with Crippen LogP contribution in [-0.2, 0) is 0 Å². The van der Waals surface area contributed by atoms with Crippen molar-refractivity contribution >= 4 is 65.9 Å². The number of aromatic amines is 1. The van der Waals surface area contributed by atoms with Gasteiger partial charge in [0.15, 0.2) is 0 Å². The molecule has 104 valence electrons. The molecule has 0 bridgehead atoms. The molecule has 0 unspecified atom stereocenters. The van der Waals surface area contributed by atoms with E-state index in [1.165, 1.54) is 0 Å². The summed E-state index contributed by atoms with van der Waals surface area (Å²) < 4.78 is 28.4. The first kappa shape index (κ1) is 15.6. The Morgan fingerprint density at radius 3 is 2.21 bits per heavy atom. The quantitative estimate of drug-likeness (QED) is 0.482. The van der Waals surface area contributed by atoms with Crippen LogP contribution in [0.5, 0.6) is 0 Å². The maximum atomic E-state index is 13.8. The Labute approximate surface area is 137 Å². The summed E-state index contributed by atoms with van der Waals surface area (Å²) in [7, 11) is -4.04. The fourth-order valence-electron chi connectivity index (χ4n) is 1.51. The van der Waals surface area contributed by atoms with Crippen LogP contribution in [0.4, 0.5) is 7.77 Å². The maximum Gasteiger partial charge on any atom is 0.129 e. The molecule has 1 nitrogen and oxygen atoms in total. The van der Waals surface area contributed by atoms with Gasteiger partial charge in [0.05, 0.1) is 14.6 Å². The largest absolute Gasteiger partial charge is 0.345 e. The standard InChI is InChI=1S/C11H7Br2Cl2F2NS/c12-8-9(13)11(19(16,17)5-14)18-10(8)6-1-3-7(15)4-2-6/h1-4,18H,5H2. The van der Waals surface area contributed by atoms with E-state index in [9.17, 15) is 7.77 Å². The van der Waals surface area contributed by atoms with E-state index in [0.29, 0.717) is 19.7 Å². The molecule has 1 N–H and O–H groups in total. The average Bonchev–Trinajstić information content (AvgIpc) is 2.68. The highest BCUT2D eigenvalue weighted by molar-refractivity contribution is 9.13. The first-order valence-corrected chi connectivity index (χ1v) is 9.06. The molecule has 1 aromatic heterocycles. The first-order valence-electron chi connectivity index (χ1n) is 4.96. The van der Waals surface area contributed by atoms with Crippen molar-refractivity contribution in [3.8, 4) is 11.3 Å². The molecule has 2 rings (SSSR count). The van der Waals surface area contributed by atoms with Crippen LogP contribution in [0.25, 0.3) is 11.3 Å². The molecule has 0 spiro atoms. The molecule has 0 aliphatic heterocycles. The summed E-state index contributed by atoms with van der Waals surface area (Å²) in [4.78, 5) is 2.74. The zero-order valence-electron chi connectivity index (χ0n) is 9.19. The second kappa shape index (κ2) is 5.93. The van der Waals surface area contributed by atoms with Crippen LogP contribution in [0.3, 0.4) is 0 Å². The molecule has 1 aromatic carbocycles. The van der Waals surface area contributed by atoms with Crippen molar-refractivity contribution in [1.82, 2.24) is 4.98 Å². The number of alkyl halides is 1. The van der Waals surface area contributed by atoms with Crippen LogP contribution < -0.4 is 0 Å². The Morgan fingerprint density at radius 1 is 1.11 bits per heavy atom. The molecule has 0 radical (unpaired) electrons. The second-order valence-corrected chi connectivity index (χ2v) is 8.10. The molecule has 0 aliphatic carbocycles. The summed E-state index contributed by atoms with van der Waals surface area (Å²) in [6.07, 6.45) is 0. The topological polar surface area (TPSA) is 15.8 Å². The number of hydrogen-bond acceptors (Lipinski definition) is 0. The number of nitrogens with one attached hydrogen (secondary N) is 1. The Balaban J connectivity index is 2.55. The number of aromatic nitrogens is 1. The Kier molecular flexibility index (Phi) is 4.88. The third kappa shape index (κ3) is 3.13. The van der Waals surface area contributed by atoms with Gasteiger partial charge in [0.1, 0.15) is 21.0 Å². The minimum absolute atomic E-state index is 0.167. The van der Waals surface area contributed by atoms with Gasteiger partial charge in [0, 0.05) is 5.02 Å². The monoisotopic (exact) mass is 451 g/mol. The van der Waals surface area contributed by atoms with E-state index in [-0.39, 0.29) is 5.03 Å². The number of rotatable bonds is 3. The lowest BCUT2D eigenvalue weighted by Crippen LogP contribution is -1.90. The van der Waals surface area contributed by atoms with Gasteiger partial charge in [-0.05, 0) is 49.6 Å². The number of benzene rings is 1. The Morgan fingerprint density at radius 2 is 1.68 bits per heavy atom. The lowest BCUT2D eigenvalue weighted by Gasteiger charge is -2.16. The summed E-state index contributed by atoms with van der Waals surface area (Å²) in [5, 5.41) is -0.291. The van der Waals surface area contributed by atoms with E-state index in [2.05, 4.69) is 36.8 Å². The van der Waals surface area contributed by atoms with Gasteiger partial charge < -0.3 is 4.98 Å². The summed E-state index contributed by atoms with van der Waals surface area (Å²) in [5.74, 6) is 0. The fraction of sp³-hybridized carbons (Fsp3) is 0.0909. The normalized spacial score (nSPS) is 12.7. The van der Waals surface area contributed by atoms with Gasteiger partial charge >= 0.3 is 0 Å². The van der Waals surface area contributed by atoms with Gasteiger partial charge in [0.25, 0.3) is 0 Å². The zero-order valence-corrected chi connectivity index (χ0v) is 14.7. The molecule has 0 saturated heterocycles. The minimum Gasteiger partial charge on any atom is -0.345 e. The highest BCUT2D eigenvalue weighted by atomic mass is 79.9. The predicted octanol–water partition coefficient (Wildman–Crippen LogP) is 6.99. The molecule has 0 saturated carbocycles.